The largest absolute Gasteiger partial charge is 0.467 e. The van der Waals surface area contributed by atoms with Crippen molar-refractivity contribution in [2.45, 2.75) is 68.8 Å². The summed E-state index contributed by atoms with van der Waals surface area (Å²) in [5.41, 5.74) is 2.13. The van der Waals surface area contributed by atoms with Crippen molar-refractivity contribution in [3.8, 4) is 0 Å². The first-order valence-corrected chi connectivity index (χ1v) is 11.2. The van der Waals surface area contributed by atoms with Crippen molar-refractivity contribution in [3.63, 3.8) is 0 Å². The van der Waals surface area contributed by atoms with Gasteiger partial charge < -0.3 is 9.73 Å². The van der Waals surface area contributed by atoms with Gasteiger partial charge in [0, 0.05) is 11.6 Å². The number of carbonyl (C=O) groups is 1. The van der Waals surface area contributed by atoms with Crippen LogP contribution in [0.4, 0.5) is 5.69 Å². The Morgan fingerprint density at radius 1 is 1.23 bits per heavy atom. The van der Waals surface area contributed by atoms with Crippen LogP contribution in [-0.2, 0) is 16.8 Å². The van der Waals surface area contributed by atoms with Gasteiger partial charge in [0.25, 0.3) is 0 Å². The summed E-state index contributed by atoms with van der Waals surface area (Å²) in [6.45, 7) is 9.00. The van der Waals surface area contributed by atoms with Gasteiger partial charge in [-0.3, -0.25) is 9.36 Å². The smallest absolute Gasteiger partial charge is 0.237 e. The minimum absolute atomic E-state index is 0.0518. The molecule has 2 aromatic heterocycles. The highest BCUT2D eigenvalue weighted by Gasteiger charge is 2.31. The van der Waals surface area contributed by atoms with Gasteiger partial charge in [-0.2, -0.15) is 0 Å². The molecule has 1 aromatic carbocycles. The van der Waals surface area contributed by atoms with E-state index in [4.69, 9.17) is 4.42 Å². The molecule has 1 amide bonds. The molecule has 1 atom stereocenters. The molecule has 0 aliphatic heterocycles. The fraction of sp³-hybridized carbons (Fsp3) is 0.435. The van der Waals surface area contributed by atoms with E-state index in [0.717, 1.165) is 35.3 Å². The zero-order valence-electron chi connectivity index (χ0n) is 17.9. The maximum Gasteiger partial charge on any atom is 0.237 e. The lowest BCUT2D eigenvalue weighted by atomic mass is 9.87. The van der Waals surface area contributed by atoms with Crippen LogP contribution < -0.4 is 5.32 Å². The molecule has 1 N–H and O–H groups in total. The summed E-state index contributed by atoms with van der Waals surface area (Å²) in [6, 6.07) is 11.9. The number of nitrogens with zero attached hydrogens (tertiary/aromatic N) is 3. The molecule has 0 saturated heterocycles. The fourth-order valence-corrected chi connectivity index (χ4v) is 4.10. The van der Waals surface area contributed by atoms with E-state index in [1.54, 1.807) is 6.26 Å². The number of amides is 1. The topological polar surface area (TPSA) is 73.0 Å². The molecule has 2 heterocycles. The fourth-order valence-electron chi connectivity index (χ4n) is 3.25. The number of hydrogen-bond acceptors (Lipinski definition) is 5. The van der Waals surface area contributed by atoms with E-state index in [0.29, 0.717) is 12.5 Å². The third kappa shape index (κ3) is 4.78. The summed E-state index contributed by atoms with van der Waals surface area (Å²) in [5.74, 6) is 2.25. The number of nitrogens with one attached hydrogen (secondary N) is 1. The molecule has 1 fully saturated rings. The standard InChI is InChI=1S/C23H28N4O2S/c1-15(21(28)24-18-11-9-17(10-12-18)23(2,3)4)30-22-26-25-20(16-7-8-16)27(22)14-19-6-5-13-29-19/h5-6,9-13,15-16H,7-8,14H2,1-4H3,(H,24,28). The molecule has 30 heavy (non-hydrogen) atoms. The first-order valence-electron chi connectivity index (χ1n) is 10.3. The highest BCUT2D eigenvalue weighted by Crippen LogP contribution is 2.40. The van der Waals surface area contributed by atoms with Crippen molar-refractivity contribution in [1.82, 2.24) is 14.8 Å². The monoisotopic (exact) mass is 424 g/mol. The summed E-state index contributed by atoms with van der Waals surface area (Å²) < 4.78 is 7.60. The Kier molecular flexibility index (Phi) is 5.73. The van der Waals surface area contributed by atoms with Crippen molar-refractivity contribution < 1.29 is 9.21 Å². The van der Waals surface area contributed by atoms with Crippen LogP contribution in [0.25, 0.3) is 0 Å². The number of aromatic nitrogens is 3. The number of benzene rings is 1. The van der Waals surface area contributed by atoms with Crippen LogP contribution in [0, 0.1) is 0 Å². The molecule has 7 heteroatoms. The Labute approximate surface area is 181 Å². The molecule has 0 bridgehead atoms. The SMILES string of the molecule is CC(Sc1nnc(C2CC2)n1Cc1ccco1)C(=O)Nc1ccc(C(C)(C)C)cc1. The van der Waals surface area contributed by atoms with E-state index in [-0.39, 0.29) is 16.6 Å². The second-order valence-electron chi connectivity index (χ2n) is 8.86. The van der Waals surface area contributed by atoms with E-state index in [1.165, 1.54) is 17.3 Å². The summed E-state index contributed by atoms with van der Waals surface area (Å²) in [5, 5.41) is 12.2. The van der Waals surface area contributed by atoms with Crippen LogP contribution in [-0.4, -0.2) is 25.9 Å². The second kappa shape index (κ2) is 8.30. The van der Waals surface area contributed by atoms with Gasteiger partial charge in [-0.25, -0.2) is 0 Å². The van der Waals surface area contributed by atoms with E-state index >= 15 is 0 Å². The van der Waals surface area contributed by atoms with Crippen LogP contribution in [0.5, 0.6) is 0 Å². The van der Waals surface area contributed by atoms with Crippen molar-refractivity contribution in [2.24, 2.45) is 0 Å². The molecule has 1 unspecified atom stereocenters. The Bertz CT molecular complexity index is 999. The Balaban J connectivity index is 1.44. The van der Waals surface area contributed by atoms with Crippen LogP contribution in [0.15, 0.2) is 52.2 Å². The molecule has 0 radical (unpaired) electrons. The van der Waals surface area contributed by atoms with Crippen LogP contribution in [0.1, 0.15) is 63.6 Å². The zero-order chi connectivity index (χ0) is 21.3. The van der Waals surface area contributed by atoms with Crippen LogP contribution in [0.3, 0.4) is 0 Å². The summed E-state index contributed by atoms with van der Waals surface area (Å²) in [7, 11) is 0. The Morgan fingerprint density at radius 3 is 2.57 bits per heavy atom. The number of rotatable bonds is 7. The lowest BCUT2D eigenvalue weighted by Crippen LogP contribution is -2.23. The quantitative estimate of drug-likeness (QED) is 0.527. The number of carbonyl (C=O) groups excluding carboxylic acids is 1. The van der Waals surface area contributed by atoms with Crippen molar-refractivity contribution in [1.29, 1.82) is 0 Å². The molecule has 0 spiro atoms. The van der Waals surface area contributed by atoms with Gasteiger partial charge in [0.1, 0.15) is 11.6 Å². The van der Waals surface area contributed by atoms with Gasteiger partial charge >= 0.3 is 0 Å². The number of thioether (sulfide) groups is 1. The minimum Gasteiger partial charge on any atom is -0.467 e. The van der Waals surface area contributed by atoms with Crippen molar-refractivity contribution in [2.75, 3.05) is 5.32 Å². The van der Waals surface area contributed by atoms with E-state index in [9.17, 15) is 4.79 Å². The van der Waals surface area contributed by atoms with Gasteiger partial charge in [0.15, 0.2) is 5.16 Å². The lowest BCUT2D eigenvalue weighted by Gasteiger charge is -2.19. The highest BCUT2D eigenvalue weighted by molar-refractivity contribution is 8.00. The molecule has 1 aliphatic carbocycles. The average molecular weight is 425 g/mol. The van der Waals surface area contributed by atoms with Gasteiger partial charge in [0.05, 0.1) is 18.1 Å². The van der Waals surface area contributed by atoms with E-state index in [1.807, 2.05) is 31.2 Å². The summed E-state index contributed by atoms with van der Waals surface area (Å²) >= 11 is 1.43. The Morgan fingerprint density at radius 2 is 1.97 bits per heavy atom. The minimum atomic E-state index is -0.307. The number of furan rings is 1. The normalized spacial score (nSPS) is 15.2. The first kappa shape index (κ1) is 20.7. The molecule has 4 rings (SSSR count). The predicted molar refractivity (Wildman–Crippen MR) is 119 cm³/mol. The maximum absolute atomic E-state index is 12.8. The van der Waals surface area contributed by atoms with Crippen molar-refractivity contribution >= 4 is 23.4 Å². The first-order chi connectivity index (χ1) is 14.3. The maximum atomic E-state index is 12.8. The number of hydrogen-bond donors (Lipinski definition) is 1. The Hall–Kier alpha value is -2.54. The van der Waals surface area contributed by atoms with Gasteiger partial charge in [-0.05, 0) is 55.0 Å². The van der Waals surface area contributed by atoms with Gasteiger partial charge in [-0.15, -0.1) is 10.2 Å². The molecular weight excluding hydrogens is 396 g/mol. The van der Waals surface area contributed by atoms with Gasteiger partial charge in [-0.1, -0.05) is 44.7 Å². The van der Waals surface area contributed by atoms with E-state index in [2.05, 4.69) is 53.0 Å². The molecule has 1 saturated carbocycles. The van der Waals surface area contributed by atoms with Crippen LogP contribution in [0.2, 0.25) is 0 Å². The zero-order valence-corrected chi connectivity index (χ0v) is 18.7. The second-order valence-corrected chi connectivity index (χ2v) is 10.2. The predicted octanol–water partition coefficient (Wildman–Crippen LogP) is 5.21. The van der Waals surface area contributed by atoms with E-state index < -0.39 is 0 Å². The number of anilines is 1. The molecular formula is C23H28N4O2S. The summed E-state index contributed by atoms with van der Waals surface area (Å²) in [4.78, 5) is 12.8. The average Bonchev–Trinajstić information content (AvgIpc) is 3.27. The molecule has 6 nitrogen and oxygen atoms in total. The van der Waals surface area contributed by atoms with Crippen LogP contribution >= 0.6 is 11.8 Å². The third-order valence-corrected chi connectivity index (χ3v) is 6.33. The molecule has 3 aromatic rings. The lowest BCUT2D eigenvalue weighted by molar-refractivity contribution is -0.115. The highest BCUT2D eigenvalue weighted by atomic mass is 32.2. The van der Waals surface area contributed by atoms with Gasteiger partial charge in [0.2, 0.25) is 5.91 Å². The summed E-state index contributed by atoms with van der Waals surface area (Å²) in [6.07, 6.45) is 3.95. The molecule has 1 aliphatic rings. The van der Waals surface area contributed by atoms with Crippen molar-refractivity contribution in [3.05, 3.63) is 59.8 Å². The molecule has 158 valence electrons. The third-order valence-electron chi connectivity index (χ3n) is 5.25.